The molecule has 0 bridgehead atoms. The SMILES string of the molecule is [C-]#[N+]c1ccc(Oc2ccc(OC(C)C(=O)O)cc2)c(F)c1. The fourth-order valence-electron chi connectivity index (χ4n) is 1.61. The normalized spacial score (nSPS) is 11.3. The second-order valence-electron chi connectivity index (χ2n) is 4.40. The summed E-state index contributed by atoms with van der Waals surface area (Å²) in [4.78, 5) is 13.8. The molecule has 0 amide bonds. The van der Waals surface area contributed by atoms with Crippen molar-refractivity contribution in [2.24, 2.45) is 0 Å². The molecule has 0 radical (unpaired) electrons. The van der Waals surface area contributed by atoms with E-state index in [9.17, 15) is 9.18 Å². The number of hydrogen-bond acceptors (Lipinski definition) is 3. The molecule has 6 heteroatoms. The third kappa shape index (κ3) is 3.73. The van der Waals surface area contributed by atoms with Gasteiger partial charge in [0.1, 0.15) is 11.5 Å². The van der Waals surface area contributed by atoms with Crippen LogP contribution in [0.2, 0.25) is 0 Å². The number of rotatable bonds is 5. The molecule has 5 nitrogen and oxygen atoms in total. The van der Waals surface area contributed by atoms with Crippen LogP contribution in [-0.4, -0.2) is 17.2 Å². The second-order valence-corrected chi connectivity index (χ2v) is 4.40. The Hall–Kier alpha value is -3.07. The quantitative estimate of drug-likeness (QED) is 0.847. The summed E-state index contributed by atoms with van der Waals surface area (Å²) >= 11 is 0. The lowest BCUT2D eigenvalue weighted by molar-refractivity contribution is -0.144. The summed E-state index contributed by atoms with van der Waals surface area (Å²) in [7, 11) is 0. The van der Waals surface area contributed by atoms with E-state index in [0.717, 1.165) is 6.07 Å². The van der Waals surface area contributed by atoms with E-state index in [1.807, 2.05) is 0 Å². The highest BCUT2D eigenvalue weighted by molar-refractivity contribution is 5.72. The number of hydrogen-bond donors (Lipinski definition) is 1. The van der Waals surface area contributed by atoms with Crippen molar-refractivity contribution in [3.63, 3.8) is 0 Å². The van der Waals surface area contributed by atoms with E-state index in [1.165, 1.54) is 43.3 Å². The molecule has 0 heterocycles. The molecule has 1 unspecified atom stereocenters. The first-order valence-corrected chi connectivity index (χ1v) is 6.34. The van der Waals surface area contributed by atoms with Gasteiger partial charge in [-0.1, -0.05) is 6.07 Å². The number of aliphatic carboxylic acids is 1. The molecule has 22 heavy (non-hydrogen) atoms. The molecule has 0 aromatic heterocycles. The van der Waals surface area contributed by atoms with Gasteiger partial charge >= 0.3 is 5.97 Å². The van der Waals surface area contributed by atoms with Gasteiger partial charge in [-0.05, 0) is 43.3 Å². The van der Waals surface area contributed by atoms with E-state index in [2.05, 4.69) is 4.85 Å². The molecule has 0 saturated carbocycles. The first-order chi connectivity index (χ1) is 10.5. The Kier molecular flexibility index (Phi) is 4.59. The van der Waals surface area contributed by atoms with Gasteiger partial charge in [-0.2, -0.15) is 0 Å². The lowest BCUT2D eigenvalue weighted by atomic mass is 10.3. The average Bonchev–Trinajstić information content (AvgIpc) is 2.51. The molecule has 112 valence electrons. The number of nitrogens with zero attached hydrogens (tertiary/aromatic N) is 1. The van der Waals surface area contributed by atoms with E-state index in [1.54, 1.807) is 0 Å². The highest BCUT2D eigenvalue weighted by Crippen LogP contribution is 2.28. The van der Waals surface area contributed by atoms with Crippen molar-refractivity contribution in [1.29, 1.82) is 0 Å². The van der Waals surface area contributed by atoms with E-state index < -0.39 is 17.9 Å². The van der Waals surface area contributed by atoms with E-state index in [0.29, 0.717) is 11.5 Å². The predicted molar refractivity (Wildman–Crippen MR) is 76.9 cm³/mol. The van der Waals surface area contributed by atoms with Crippen LogP contribution in [0.5, 0.6) is 17.2 Å². The standard InChI is InChI=1S/C16H12FNO4/c1-10(16(19)20)21-12-4-6-13(7-5-12)22-15-8-3-11(18-2)9-14(15)17/h3-10H,1H3,(H,19,20). The maximum atomic E-state index is 13.7. The molecule has 2 aromatic rings. The van der Waals surface area contributed by atoms with Crippen LogP contribution in [-0.2, 0) is 4.79 Å². The van der Waals surface area contributed by atoms with Gasteiger partial charge in [0.05, 0.1) is 6.57 Å². The molecule has 1 atom stereocenters. The Morgan fingerprint density at radius 1 is 1.23 bits per heavy atom. The Balaban J connectivity index is 2.08. The zero-order chi connectivity index (χ0) is 16.1. The minimum atomic E-state index is -1.07. The molecule has 2 rings (SSSR count). The fraction of sp³-hybridized carbons (Fsp3) is 0.125. The molecule has 0 spiro atoms. The maximum absolute atomic E-state index is 13.7. The highest BCUT2D eigenvalue weighted by atomic mass is 19.1. The first kappa shape index (κ1) is 15.3. The molecular weight excluding hydrogens is 289 g/mol. The van der Waals surface area contributed by atoms with Crippen LogP contribution in [0.3, 0.4) is 0 Å². The van der Waals surface area contributed by atoms with Gasteiger partial charge in [0, 0.05) is 0 Å². The number of carbonyl (C=O) groups is 1. The molecule has 0 aliphatic heterocycles. The minimum absolute atomic E-state index is 0.0000256. The first-order valence-electron chi connectivity index (χ1n) is 6.34. The van der Waals surface area contributed by atoms with Crippen molar-refractivity contribution in [1.82, 2.24) is 0 Å². The molecular formula is C16H12FNO4. The number of benzene rings is 2. The molecule has 0 saturated heterocycles. The van der Waals surface area contributed by atoms with E-state index in [-0.39, 0.29) is 11.4 Å². The van der Waals surface area contributed by atoms with E-state index in [4.69, 9.17) is 21.2 Å². The molecule has 0 fully saturated rings. The largest absolute Gasteiger partial charge is 0.479 e. The molecule has 1 N–H and O–H groups in total. The highest BCUT2D eigenvalue weighted by Gasteiger charge is 2.12. The summed E-state index contributed by atoms with van der Waals surface area (Å²) in [5.74, 6) is -0.966. The summed E-state index contributed by atoms with van der Waals surface area (Å²) < 4.78 is 24.2. The van der Waals surface area contributed by atoms with Gasteiger partial charge < -0.3 is 14.6 Å². The topological polar surface area (TPSA) is 60.1 Å². The van der Waals surface area contributed by atoms with Gasteiger partial charge in [0.25, 0.3) is 0 Å². The van der Waals surface area contributed by atoms with Crippen molar-refractivity contribution in [2.45, 2.75) is 13.0 Å². The smallest absolute Gasteiger partial charge is 0.344 e. The molecule has 0 aliphatic rings. The van der Waals surface area contributed by atoms with Crippen molar-refractivity contribution < 1.29 is 23.8 Å². The van der Waals surface area contributed by atoms with Crippen LogP contribution in [0.4, 0.5) is 10.1 Å². The minimum Gasteiger partial charge on any atom is -0.479 e. The molecule has 2 aromatic carbocycles. The summed E-state index contributed by atoms with van der Waals surface area (Å²) in [5.41, 5.74) is 0.191. The summed E-state index contributed by atoms with van der Waals surface area (Å²) in [6.45, 7) is 8.22. The number of carboxylic acid groups (broad SMARTS) is 1. The van der Waals surface area contributed by atoms with Crippen LogP contribution in [0, 0.1) is 12.4 Å². The second kappa shape index (κ2) is 6.59. The summed E-state index contributed by atoms with van der Waals surface area (Å²) in [6, 6.07) is 10.0. The van der Waals surface area contributed by atoms with Crippen molar-refractivity contribution in [3.05, 3.63) is 59.7 Å². The Bertz CT molecular complexity index is 722. The van der Waals surface area contributed by atoms with Crippen LogP contribution < -0.4 is 9.47 Å². The zero-order valence-corrected chi connectivity index (χ0v) is 11.6. The fourth-order valence-corrected chi connectivity index (χ4v) is 1.61. The van der Waals surface area contributed by atoms with Gasteiger partial charge in [-0.25, -0.2) is 14.0 Å². The van der Waals surface area contributed by atoms with Crippen LogP contribution in [0.1, 0.15) is 6.92 Å². The number of halogens is 1. The van der Waals surface area contributed by atoms with Gasteiger partial charge in [-0.3, -0.25) is 0 Å². The van der Waals surface area contributed by atoms with Crippen molar-refractivity contribution >= 4 is 11.7 Å². The Morgan fingerprint density at radius 3 is 2.41 bits per heavy atom. The monoisotopic (exact) mass is 301 g/mol. The van der Waals surface area contributed by atoms with Crippen LogP contribution in [0.25, 0.3) is 4.85 Å². The third-order valence-corrected chi connectivity index (χ3v) is 2.76. The van der Waals surface area contributed by atoms with Gasteiger partial charge in [0.15, 0.2) is 23.4 Å². The number of ether oxygens (including phenoxy) is 2. The zero-order valence-electron chi connectivity index (χ0n) is 11.6. The van der Waals surface area contributed by atoms with Gasteiger partial charge in [-0.15, -0.1) is 0 Å². The Labute approximate surface area is 126 Å². The average molecular weight is 301 g/mol. The third-order valence-electron chi connectivity index (χ3n) is 2.76. The van der Waals surface area contributed by atoms with Crippen LogP contribution in [0.15, 0.2) is 42.5 Å². The lowest BCUT2D eigenvalue weighted by Gasteiger charge is -2.11. The maximum Gasteiger partial charge on any atom is 0.344 e. The lowest BCUT2D eigenvalue weighted by Crippen LogP contribution is -2.22. The van der Waals surface area contributed by atoms with Crippen molar-refractivity contribution in [2.75, 3.05) is 0 Å². The van der Waals surface area contributed by atoms with Crippen LogP contribution >= 0.6 is 0 Å². The summed E-state index contributed by atoms with van der Waals surface area (Å²) in [6.07, 6.45) is -0.967. The van der Waals surface area contributed by atoms with Crippen molar-refractivity contribution in [3.8, 4) is 17.2 Å². The molecule has 0 aliphatic carbocycles. The van der Waals surface area contributed by atoms with Gasteiger partial charge in [0.2, 0.25) is 0 Å². The summed E-state index contributed by atoms with van der Waals surface area (Å²) in [5, 5.41) is 8.75. The van der Waals surface area contributed by atoms with E-state index >= 15 is 0 Å². The number of carboxylic acids is 1. The predicted octanol–water partition coefficient (Wildman–Crippen LogP) is 4.02. The Morgan fingerprint density at radius 2 is 1.86 bits per heavy atom.